The third kappa shape index (κ3) is 3.43. The molecule has 0 atom stereocenters. The van der Waals surface area contributed by atoms with E-state index in [9.17, 15) is 0 Å². The quantitative estimate of drug-likeness (QED) is 0.853. The van der Waals surface area contributed by atoms with Gasteiger partial charge >= 0.3 is 0 Å². The molecule has 1 heterocycles. The molecule has 2 N–H and O–H groups in total. The van der Waals surface area contributed by atoms with Crippen LogP contribution in [0.2, 0.25) is 0 Å². The van der Waals surface area contributed by atoms with Crippen LogP contribution in [0.1, 0.15) is 44.0 Å². The van der Waals surface area contributed by atoms with E-state index in [0.717, 1.165) is 35.6 Å². The summed E-state index contributed by atoms with van der Waals surface area (Å²) in [6, 6.07) is 0.540. The number of aryl methyl sites for hydroxylation is 1. The third-order valence-electron chi connectivity index (χ3n) is 3.27. The molecule has 1 rings (SSSR count). The minimum atomic E-state index is 0.540. The molecule has 0 aliphatic rings. The van der Waals surface area contributed by atoms with E-state index in [1.54, 1.807) is 0 Å². The Labute approximate surface area is 105 Å². The van der Waals surface area contributed by atoms with E-state index in [2.05, 4.69) is 37.6 Å². The Kier molecular flexibility index (Phi) is 4.94. The number of aromatic nitrogens is 1. The Morgan fingerprint density at radius 3 is 2.53 bits per heavy atom. The second kappa shape index (κ2) is 6.01. The number of pyridine rings is 1. The van der Waals surface area contributed by atoms with Crippen molar-refractivity contribution in [3.8, 4) is 0 Å². The fourth-order valence-corrected chi connectivity index (χ4v) is 1.95. The second-order valence-electron chi connectivity index (χ2n) is 4.99. The van der Waals surface area contributed by atoms with Gasteiger partial charge in [-0.2, -0.15) is 0 Å². The van der Waals surface area contributed by atoms with Gasteiger partial charge in [-0.3, -0.25) is 9.88 Å². The number of anilines is 1. The zero-order chi connectivity index (χ0) is 13.0. The van der Waals surface area contributed by atoms with Crippen LogP contribution in [0.3, 0.4) is 0 Å². The molecule has 0 aliphatic heterocycles. The summed E-state index contributed by atoms with van der Waals surface area (Å²) in [5, 5.41) is 0. The predicted molar refractivity (Wildman–Crippen MR) is 74.0 cm³/mol. The summed E-state index contributed by atoms with van der Waals surface area (Å²) in [4.78, 5) is 6.96. The van der Waals surface area contributed by atoms with Crippen LogP contribution < -0.4 is 5.73 Å². The summed E-state index contributed by atoms with van der Waals surface area (Å²) in [6.45, 7) is 12.7. The SMILES string of the molecule is CCCN(Cc1ncc(C)c(N)c1C)C(C)C. The molecule has 17 heavy (non-hydrogen) atoms. The molecule has 1 aromatic heterocycles. The zero-order valence-corrected chi connectivity index (χ0v) is 11.7. The summed E-state index contributed by atoms with van der Waals surface area (Å²) in [5.74, 6) is 0. The number of nitrogens with zero attached hydrogens (tertiary/aromatic N) is 2. The molecule has 0 bridgehead atoms. The summed E-state index contributed by atoms with van der Waals surface area (Å²) in [7, 11) is 0. The van der Waals surface area contributed by atoms with Gasteiger partial charge in [0.2, 0.25) is 0 Å². The van der Waals surface area contributed by atoms with Gasteiger partial charge in [0.25, 0.3) is 0 Å². The number of nitrogen functional groups attached to an aromatic ring is 1. The van der Waals surface area contributed by atoms with Crippen molar-refractivity contribution in [3.63, 3.8) is 0 Å². The lowest BCUT2D eigenvalue weighted by molar-refractivity contribution is 0.210. The van der Waals surface area contributed by atoms with Crippen molar-refractivity contribution in [3.05, 3.63) is 23.0 Å². The molecule has 0 amide bonds. The standard InChI is InChI=1S/C14H25N3/c1-6-7-17(10(2)3)9-13-12(5)14(15)11(4)8-16-13/h8,10H,6-7,9H2,1-5H3,(H2,15,16). The molecule has 0 aromatic carbocycles. The Bertz CT molecular complexity index is 372. The van der Waals surface area contributed by atoms with Crippen molar-refractivity contribution in [1.29, 1.82) is 0 Å². The fourth-order valence-electron chi connectivity index (χ4n) is 1.95. The van der Waals surface area contributed by atoms with Crippen molar-refractivity contribution in [2.45, 2.75) is 53.6 Å². The average molecular weight is 235 g/mol. The molecule has 3 nitrogen and oxygen atoms in total. The van der Waals surface area contributed by atoms with E-state index < -0.39 is 0 Å². The largest absolute Gasteiger partial charge is 0.398 e. The highest BCUT2D eigenvalue weighted by molar-refractivity contribution is 5.53. The molecule has 0 fully saturated rings. The lowest BCUT2D eigenvalue weighted by Gasteiger charge is -2.26. The van der Waals surface area contributed by atoms with Crippen LogP contribution in [0.15, 0.2) is 6.20 Å². The summed E-state index contributed by atoms with van der Waals surface area (Å²) in [6.07, 6.45) is 3.04. The molecule has 0 aliphatic carbocycles. The van der Waals surface area contributed by atoms with Crippen LogP contribution in [0.4, 0.5) is 5.69 Å². The van der Waals surface area contributed by atoms with Crippen molar-refractivity contribution >= 4 is 5.69 Å². The van der Waals surface area contributed by atoms with E-state index in [-0.39, 0.29) is 0 Å². The van der Waals surface area contributed by atoms with Gasteiger partial charge in [-0.05, 0) is 51.8 Å². The molecule has 3 heteroatoms. The second-order valence-corrected chi connectivity index (χ2v) is 4.99. The first-order valence-corrected chi connectivity index (χ1v) is 6.42. The number of nitrogens with two attached hydrogens (primary N) is 1. The van der Waals surface area contributed by atoms with Gasteiger partial charge in [-0.25, -0.2) is 0 Å². The normalized spacial score (nSPS) is 11.5. The Balaban J connectivity index is 2.90. The maximum absolute atomic E-state index is 6.05. The van der Waals surface area contributed by atoms with Gasteiger partial charge in [-0.15, -0.1) is 0 Å². The number of hydrogen-bond donors (Lipinski definition) is 1. The molecule has 0 radical (unpaired) electrons. The maximum Gasteiger partial charge on any atom is 0.0593 e. The van der Waals surface area contributed by atoms with Crippen molar-refractivity contribution in [2.75, 3.05) is 12.3 Å². The van der Waals surface area contributed by atoms with Gasteiger partial charge in [0, 0.05) is 24.5 Å². The average Bonchev–Trinajstić information content (AvgIpc) is 2.28. The van der Waals surface area contributed by atoms with Crippen molar-refractivity contribution in [1.82, 2.24) is 9.88 Å². The lowest BCUT2D eigenvalue weighted by Crippen LogP contribution is -2.31. The smallest absolute Gasteiger partial charge is 0.0593 e. The Morgan fingerprint density at radius 1 is 1.35 bits per heavy atom. The first kappa shape index (κ1) is 14.0. The van der Waals surface area contributed by atoms with Crippen LogP contribution in [0.5, 0.6) is 0 Å². The van der Waals surface area contributed by atoms with Gasteiger partial charge in [0.05, 0.1) is 5.69 Å². The number of hydrogen-bond acceptors (Lipinski definition) is 3. The summed E-state index contributed by atoms with van der Waals surface area (Å²) in [5.41, 5.74) is 10.2. The van der Waals surface area contributed by atoms with Gasteiger partial charge < -0.3 is 5.73 Å². The Morgan fingerprint density at radius 2 is 2.00 bits per heavy atom. The maximum atomic E-state index is 6.05. The fraction of sp³-hybridized carbons (Fsp3) is 0.643. The van der Waals surface area contributed by atoms with Crippen LogP contribution in [-0.2, 0) is 6.54 Å². The van der Waals surface area contributed by atoms with Crippen molar-refractivity contribution < 1.29 is 0 Å². The van der Waals surface area contributed by atoms with Crippen LogP contribution in [-0.4, -0.2) is 22.5 Å². The van der Waals surface area contributed by atoms with Gasteiger partial charge in [0.15, 0.2) is 0 Å². The van der Waals surface area contributed by atoms with Crippen LogP contribution in [0.25, 0.3) is 0 Å². The minimum Gasteiger partial charge on any atom is -0.398 e. The molecular formula is C14H25N3. The van der Waals surface area contributed by atoms with E-state index in [4.69, 9.17) is 5.73 Å². The highest BCUT2D eigenvalue weighted by Gasteiger charge is 2.13. The number of rotatable bonds is 5. The molecular weight excluding hydrogens is 210 g/mol. The minimum absolute atomic E-state index is 0.540. The zero-order valence-electron chi connectivity index (χ0n) is 11.7. The van der Waals surface area contributed by atoms with E-state index >= 15 is 0 Å². The van der Waals surface area contributed by atoms with Crippen molar-refractivity contribution in [2.24, 2.45) is 0 Å². The molecule has 0 saturated heterocycles. The molecule has 0 unspecified atom stereocenters. The molecule has 96 valence electrons. The molecule has 0 spiro atoms. The Hall–Kier alpha value is -1.09. The lowest BCUT2D eigenvalue weighted by atomic mass is 10.1. The monoisotopic (exact) mass is 235 g/mol. The summed E-state index contributed by atoms with van der Waals surface area (Å²) < 4.78 is 0. The van der Waals surface area contributed by atoms with E-state index in [1.165, 1.54) is 6.42 Å². The first-order chi connectivity index (χ1) is 7.97. The van der Waals surface area contributed by atoms with E-state index in [0.29, 0.717) is 6.04 Å². The molecule has 0 saturated carbocycles. The predicted octanol–water partition coefficient (Wildman–Crippen LogP) is 2.90. The van der Waals surface area contributed by atoms with Crippen LogP contribution in [0, 0.1) is 13.8 Å². The summed E-state index contributed by atoms with van der Waals surface area (Å²) >= 11 is 0. The highest BCUT2D eigenvalue weighted by Crippen LogP contribution is 2.19. The van der Waals surface area contributed by atoms with Crippen LogP contribution >= 0.6 is 0 Å². The van der Waals surface area contributed by atoms with Gasteiger partial charge in [-0.1, -0.05) is 6.92 Å². The third-order valence-corrected chi connectivity index (χ3v) is 3.27. The highest BCUT2D eigenvalue weighted by atomic mass is 15.1. The van der Waals surface area contributed by atoms with Gasteiger partial charge in [0.1, 0.15) is 0 Å². The van der Waals surface area contributed by atoms with E-state index in [1.807, 2.05) is 13.1 Å². The molecule has 1 aromatic rings. The first-order valence-electron chi connectivity index (χ1n) is 6.42. The topological polar surface area (TPSA) is 42.2 Å².